The highest BCUT2D eigenvalue weighted by atomic mass is 16.1. The lowest BCUT2D eigenvalue weighted by atomic mass is 9.77. The van der Waals surface area contributed by atoms with Gasteiger partial charge in [0, 0.05) is 23.8 Å². The minimum absolute atomic E-state index is 0.135. The lowest BCUT2D eigenvalue weighted by Gasteiger charge is -2.35. The summed E-state index contributed by atoms with van der Waals surface area (Å²) in [7, 11) is 0. The van der Waals surface area contributed by atoms with Gasteiger partial charge in [0.15, 0.2) is 0 Å². The van der Waals surface area contributed by atoms with E-state index in [2.05, 4.69) is 36.6 Å². The van der Waals surface area contributed by atoms with Crippen molar-refractivity contribution in [1.82, 2.24) is 0 Å². The second kappa shape index (κ2) is 6.08. The molecule has 0 aromatic heterocycles. The number of carbonyl (C=O) groups is 1. The first-order valence-electron chi connectivity index (χ1n) is 8.33. The van der Waals surface area contributed by atoms with E-state index in [0.717, 1.165) is 23.9 Å². The van der Waals surface area contributed by atoms with Gasteiger partial charge >= 0.3 is 0 Å². The lowest BCUT2D eigenvalue weighted by Crippen LogP contribution is -2.35. The quantitative estimate of drug-likeness (QED) is 0.874. The van der Waals surface area contributed by atoms with Gasteiger partial charge < -0.3 is 10.6 Å². The van der Waals surface area contributed by atoms with Gasteiger partial charge in [0.1, 0.15) is 0 Å². The number of benzene rings is 1. The van der Waals surface area contributed by atoms with E-state index < -0.39 is 0 Å². The minimum atomic E-state index is 0.135. The van der Waals surface area contributed by atoms with Crippen LogP contribution in [0.5, 0.6) is 0 Å². The summed E-state index contributed by atoms with van der Waals surface area (Å²) in [5.74, 6) is 1.64. The zero-order chi connectivity index (χ0) is 14.8. The number of hydrogen-bond acceptors (Lipinski definition) is 2. The molecule has 2 aliphatic rings. The van der Waals surface area contributed by atoms with Crippen molar-refractivity contribution in [3.8, 4) is 0 Å². The summed E-state index contributed by atoms with van der Waals surface area (Å²) in [6.07, 6.45) is 6.79. The van der Waals surface area contributed by atoms with Crippen LogP contribution in [-0.2, 0) is 11.2 Å². The summed E-state index contributed by atoms with van der Waals surface area (Å²) in [5, 5.41) is 6.71. The van der Waals surface area contributed by atoms with Crippen LogP contribution in [0.4, 0.5) is 11.4 Å². The fourth-order valence-electron chi connectivity index (χ4n) is 3.82. The first-order valence-corrected chi connectivity index (χ1v) is 8.33. The van der Waals surface area contributed by atoms with Gasteiger partial charge in [-0.1, -0.05) is 26.7 Å². The molecule has 21 heavy (non-hydrogen) atoms. The molecule has 0 spiro atoms. The summed E-state index contributed by atoms with van der Waals surface area (Å²) < 4.78 is 0. The Balaban J connectivity index is 1.74. The van der Waals surface area contributed by atoms with Gasteiger partial charge in [0.2, 0.25) is 5.91 Å². The molecule has 114 valence electrons. The largest absolute Gasteiger partial charge is 0.382 e. The molecule has 1 heterocycles. The Kier molecular flexibility index (Phi) is 4.18. The molecule has 0 bridgehead atoms. The Morgan fingerprint density at radius 3 is 2.81 bits per heavy atom. The molecule has 3 nitrogen and oxygen atoms in total. The van der Waals surface area contributed by atoms with Gasteiger partial charge in [-0.3, -0.25) is 4.79 Å². The molecule has 0 saturated heterocycles. The SMILES string of the molecule is CC(C)C1CCCCC1Nc1ccc2c(c1)CCC(=O)N2. The third-order valence-corrected chi connectivity index (χ3v) is 5.03. The van der Waals surface area contributed by atoms with Gasteiger partial charge in [-0.25, -0.2) is 0 Å². The third kappa shape index (κ3) is 3.22. The fourth-order valence-corrected chi connectivity index (χ4v) is 3.82. The van der Waals surface area contributed by atoms with E-state index in [1.54, 1.807) is 0 Å². The Bertz CT molecular complexity index is 524. The maximum absolute atomic E-state index is 11.4. The Morgan fingerprint density at radius 1 is 1.19 bits per heavy atom. The van der Waals surface area contributed by atoms with Crippen molar-refractivity contribution in [2.45, 2.75) is 58.4 Å². The zero-order valence-electron chi connectivity index (χ0n) is 13.1. The van der Waals surface area contributed by atoms with Gasteiger partial charge in [-0.05, 0) is 54.9 Å². The van der Waals surface area contributed by atoms with E-state index in [-0.39, 0.29) is 5.91 Å². The van der Waals surface area contributed by atoms with Crippen LogP contribution in [0.2, 0.25) is 0 Å². The van der Waals surface area contributed by atoms with Gasteiger partial charge in [0.25, 0.3) is 0 Å². The molecule has 3 rings (SSSR count). The predicted molar refractivity (Wildman–Crippen MR) is 87.6 cm³/mol. The maximum Gasteiger partial charge on any atom is 0.224 e. The Morgan fingerprint density at radius 2 is 2.00 bits per heavy atom. The van der Waals surface area contributed by atoms with Gasteiger partial charge in [-0.2, -0.15) is 0 Å². The van der Waals surface area contributed by atoms with E-state index >= 15 is 0 Å². The zero-order valence-corrected chi connectivity index (χ0v) is 13.1. The molecule has 1 aromatic rings. The minimum Gasteiger partial charge on any atom is -0.382 e. The third-order valence-electron chi connectivity index (χ3n) is 5.03. The highest BCUT2D eigenvalue weighted by Gasteiger charge is 2.27. The van der Waals surface area contributed by atoms with E-state index in [4.69, 9.17) is 0 Å². The van der Waals surface area contributed by atoms with Gasteiger partial charge in [-0.15, -0.1) is 0 Å². The second-order valence-corrected chi connectivity index (χ2v) is 6.86. The highest BCUT2D eigenvalue weighted by molar-refractivity contribution is 5.94. The van der Waals surface area contributed by atoms with Crippen LogP contribution in [0, 0.1) is 11.8 Å². The summed E-state index contributed by atoms with van der Waals surface area (Å²) in [6.45, 7) is 4.68. The number of carbonyl (C=O) groups excluding carboxylic acids is 1. The summed E-state index contributed by atoms with van der Waals surface area (Å²) in [4.78, 5) is 11.4. The molecule has 2 N–H and O–H groups in total. The molecule has 1 amide bonds. The van der Waals surface area contributed by atoms with Crippen molar-refractivity contribution in [2.24, 2.45) is 11.8 Å². The summed E-state index contributed by atoms with van der Waals surface area (Å²) in [6, 6.07) is 6.97. The molecule has 1 fully saturated rings. The first kappa shape index (κ1) is 14.4. The number of anilines is 2. The molecule has 2 unspecified atom stereocenters. The second-order valence-electron chi connectivity index (χ2n) is 6.86. The van der Waals surface area contributed by atoms with Crippen LogP contribution < -0.4 is 10.6 Å². The van der Waals surface area contributed by atoms with Crippen molar-refractivity contribution in [1.29, 1.82) is 0 Å². The van der Waals surface area contributed by atoms with Crippen molar-refractivity contribution >= 4 is 17.3 Å². The molecule has 1 aromatic carbocycles. The molecule has 2 atom stereocenters. The predicted octanol–water partition coefficient (Wildman–Crippen LogP) is 4.20. The van der Waals surface area contributed by atoms with E-state index in [0.29, 0.717) is 12.5 Å². The van der Waals surface area contributed by atoms with Crippen LogP contribution in [0.3, 0.4) is 0 Å². The molecule has 1 aliphatic heterocycles. The molecule has 1 aliphatic carbocycles. The molecular formula is C18H26N2O. The van der Waals surface area contributed by atoms with Crippen LogP contribution >= 0.6 is 0 Å². The number of hydrogen-bond donors (Lipinski definition) is 2. The lowest BCUT2D eigenvalue weighted by molar-refractivity contribution is -0.116. The highest BCUT2D eigenvalue weighted by Crippen LogP contribution is 2.33. The van der Waals surface area contributed by atoms with Gasteiger partial charge in [0.05, 0.1) is 0 Å². The normalized spacial score (nSPS) is 25.4. The number of aryl methyl sites for hydroxylation is 1. The number of amides is 1. The molecule has 0 radical (unpaired) electrons. The van der Waals surface area contributed by atoms with Crippen molar-refractivity contribution < 1.29 is 4.79 Å². The summed E-state index contributed by atoms with van der Waals surface area (Å²) >= 11 is 0. The van der Waals surface area contributed by atoms with Crippen LogP contribution in [-0.4, -0.2) is 11.9 Å². The van der Waals surface area contributed by atoms with Crippen LogP contribution in [0.25, 0.3) is 0 Å². The van der Waals surface area contributed by atoms with Crippen LogP contribution in [0.1, 0.15) is 51.5 Å². The molecular weight excluding hydrogens is 260 g/mol. The first-order chi connectivity index (χ1) is 10.1. The van der Waals surface area contributed by atoms with Crippen LogP contribution in [0.15, 0.2) is 18.2 Å². The van der Waals surface area contributed by atoms with Crippen molar-refractivity contribution in [3.63, 3.8) is 0 Å². The Labute approximate surface area is 127 Å². The number of nitrogens with one attached hydrogen (secondary N) is 2. The average Bonchev–Trinajstić information content (AvgIpc) is 2.48. The van der Waals surface area contributed by atoms with E-state index in [1.807, 2.05) is 6.07 Å². The number of rotatable bonds is 3. The maximum atomic E-state index is 11.4. The van der Waals surface area contributed by atoms with Crippen molar-refractivity contribution in [3.05, 3.63) is 23.8 Å². The number of fused-ring (bicyclic) bond motifs is 1. The summed E-state index contributed by atoms with van der Waals surface area (Å²) in [5.41, 5.74) is 3.46. The van der Waals surface area contributed by atoms with E-state index in [9.17, 15) is 4.79 Å². The monoisotopic (exact) mass is 286 g/mol. The topological polar surface area (TPSA) is 41.1 Å². The van der Waals surface area contributed by atoms with Crippen molar-refractivity contribution in [2.75, 3.05) is 10.6 Å². The molecule has 3 heteroatoms. The molecule has 1 saturated carbocycles. The van der Waals surface area contributed by atoms with E-state index in [1.165, 1.54) is 36.9 Å². The standard InChI is InChI=1S/C18H26N2O/c1-12(2)15-5-3-4-6-17(15)19-14-8-9-16-13(11-14)7-10-18(21)20-16/h8-9,11-12,15,17,19H,3-7,10H2,1-2H3,(H,20,21). The smallest absolute Gasteiger partial charge is 0.224 e. The Hall–Kier alpha value is -1.51. The average molecular weight is 286 g/mol. The fraction of sp³-hybridized carbons (Fsp3) is 0.611.